The number of amides is 1. The molecule has 1 spiro atoms. The highest BCUT2D eigenvalue weighted by Gasteiger charge is 2.52. The van der Waals surface area contributed by atoms with Crippen molar-refractivity contribution in [2.75, 3.05) is 19.6 Å². The molecule has 1 aromatic heterocycles. The van der Waals surface area contributed by atoms with Crippen molar-refractivity contribution in [2.45, 2.75) is 64.8 Å². The Kier molecular flexibility index (Phi) is 7.58. The summed E-state index contributed by atoms with van der Waals surface area (Å²) in [6.45, 7) is 7.06. The van der Waals surface area contributed by atoms with E-state index in [1.165, 1.54) is 23.1 Å². The predicted octanol–water partition coefficient (Wildman–Crippen LogP) is 5.67. The van der Waals surface area contributed by atoms with Crippen LogP contribution in [0.5, 0.6) is 0 Å². The number of hydrogen-bond acceptors (Lipinski definition) is 6. The monoisotopic (exact) mass is 586 g/mol. The summed E-state index contributed by atoms with van der Waals surface area (Å²) < 4.78 is 60.8. The molecular formula is C30H34F4N6O2. The van der Waals surface area contributed by atoms with Crippen molar-refractivity contribution in [1.82, 2.24) is 14.7 Å². The van der Waals surface area contributed by atoms with E-state index < -0.39 is 23.2 Å². The van der Waals surface area contributed by atoms with E-state index in [1.807, 2.05) is 20.8 Å². The third kappa shape index (κ3) is 5.87. The first-order chi connectivity index (χ1) is 19.7. The van der Waals surface area contributed by atoms with Crippen molar-refractivity contribution in [1.29, 1.82) is 5.26 Å². The Morgan fingerprint density at radius 2 is 2.00 bits per heavy atom. The summed E-state index contributed by atoms with van der Waals surface area (Å²) in [5, 5.41) is 14.3. The summed E-state index contributed by atoms with van der Waals surface area (Å²) >= 11 is 0. The number of carbonyl (C=O) groups is 1. The maximum atomic E-state index is 14.6. The minimum Gasteiger partial charge on any atom is -0.444 e. The van der Waals surface area contributed by atoms with Gasteiger partial charge in [0.05, 0.1) is 29.6 Å². The molecular weight excluding hydrogens is 552 g/mol. The minimum atomic E-state index is -4.81. The van der Waals surface area contributed by atoms with Crippen LogP contribution in [0.25, 0.3) is 0 Å². The van der Waals surface area contributed by atoms with Gasteiger partial charge in [-0.25, -0.2) is 9.18 Å². The highest BCUT2D eigenvalue weighted by molar-refractivity contribution is 6.15. The number of nitriles is 1. The Bertz CT molecular complexity index is 1470. The zero-order valence-electron chi connectivity index (χ0n) is 23.8. The third-order valence-corrected chi connectivity index (χ3v) is 8.42. The van der Waals surface area contributed by atoms with Gasteiger partial charge in [-0.3, -0.25) is 9.67 Å². The van der Waals surface area contributed by atoms with Gasteiger partial charge in [-0.1, -0.05) is 12.1 Å². The minimum absolute atomic E-state index is 0.0322. The molecule has 2 aromatic rings. The largest absolute Gasteiger partial charge is 0.444 e. The summed E-state index contributed by atoms with van der Waals surface area (Å²) in [5.41, 5.74) is 6.19. The van der Waals surface area contributed by atoms with Crippen molar-refractivity contribution in [3.05, 3.63) is 64.4 Å². The number of rotatable bonds is 4. The third-order valence-electron chi connectivity index (χ3n) is 8.42. The summed E-state index contributed by atoms with van der Waals surface area (Å²) in [5.74, 6) is -1.13. The molecule has 1 unspecified atom stereocenters. The fraction of sp³-hybridized carbons (Fsp3) is 0.533. The zero-order valence-corrected chi connectivity index (χ0v) is 23.8. The first kappa shape index (κ1) is 29.6. The average Bonchev–Trinajstić information content (AvgIpc) is 3.49. The molecule has 1 aliphatic carbocycles. The molecule has 1 saturated carbocycles. The average molecular weight is 587 g/mol. The van der Waals surface area contributed by atoms with Crippen LogP contribution >= 0.6 is 0 Å². The molecule has 2 aliphatic heterocycles. The molecule has 1 atom stereocenters. The number of hydrogen-bond donors (Lipinski definition) is 1. The lowest BCUT2D eigenvalue weighted by atomic mass is 9.56. The van der Waals surface area contributed by atoms with Gasteiger partial charge in [0.15, 0.2) is 0 Å². The Morgan fingerprint density at radius 3 is 2.67 bits per heavy atom. The Hall–Kier alpha value is -3.88. The van der Waals surface area contributed by atoms with E-state index in [-0.39, 0.29) is 41.0 Å². The maximum absolute atomic E-state index is 14.6. The first-order valence-electron chi connectivity index (χ1n) is 14.0. The summed E-state index contributed by atoms with van der Waals surface area (Å²) in [6.07, 6.45) is 1.25. The molecule has 0 radical (unpaired) electrons. The molecule has 224 valence electrons. The van der Waals surface area contributed by atoms with Gasteiger partial charge < -0.3 is 15.4 Å². The van der Waals surface area contributed by atoms with E-state index in [2.05, 4.69) is 16.2 Å². The SMILES string of the molecule is CC(C)(C)OC(=O)N1CCC2(CC(C3CCN=C(c4cnn(Cc5cccc(C(F)(F)F)c5F)c4)C(C#N)=C3N)C2)C1. The van der Waals surface area contributed by atoms with E-state index in [0.29, 0.717) is 49.1 Å². The molecule has 3 heterocycles. The van der Waals surface area contributed by atoms with Crippen molar-refractivity contribution in [3.8, 4) is 6.07 Å². The molecule has 42 heavy (non-hydrogen) atoms. The van der Waals surface area contributed by atoms with Crippen LogP contribution in [0.15, 0.2) is 46.9 Å². The van der Waals surface area contributed by atoms with Gasteiger partial charge in [0.25, 0.3) is 0 Å². The van der Waals surface area contributed by atoms with Crippen LogP contribution in [0.2, 0.25) is 0 Å². The predicted molar refractivity (Wildman–Crippen MR) is 147 cm³/mol. The topological polar surface area (TPSA) is 110 Å². The van der Waals surface area contributed by atoms with Crippen molar-refractivity contribution >= 4 is 11.8 Å². The molecule has 3 aliphatic rings. The van der Waals surface area contributed by atoms with Gasteiger partial charge in [-0.2, -0.15) is 23.5 Å². The second-order valence-corrected chi connectivity index (χ2v) is 12.6. The first-order valence-corrected chi connectivity index (χ1v) is 14.0. The van der Waals surface area contributed by atoms with Crippen LogP contribution in [-0.2, 0) is 17.5 Å². The smallest absolute Gasteiger partial charge is 0.419 e. The highest BCUT2D eigenvalue weighted by atomic mass is 19.4. The van der Waals surface area contributed by atoms with Gasteiger partial charge in [0, 0.05) is 48.6 Å². The standard InChI is InChI=1S/C30H34F4N6O2/c1-28(2,3)42-27(41)39-10-8-29(17-39)11-19(12-29)21-7-9-37-26(22(13-35)25(21)36)20-14-38-40(16-20)15-18-5-4-6-23(24(18)31)30(32,33)34/h4-6,14,16,19,21H,7-12,15,17,36H2,1-3H3. The number of halogens is 4. The number of nitrogens with two attached hydrogens (primary N) is 1. The van der Waals surface area contributed by atoms with Crippen LogP contribution in [0.4, 0.5) is 22.4 Å². The fourth-order valence-electron chi connectivity index (χ4n) is 6.47. The van der Waals surface area contributed by atoms with E-state index in [4.69, 9.17) is 10.5 Å². The van der Waals surface area contributed by atoms with Gasteiger partial charge in [-0.05, 0) is 63.9 Å². The number of aliphatic imine (C=N–C) groups is 1. The Morgan fingerprint density at radius 1 is 1.26 bits per heavy atom. The van der Waals surface area contributed by atoms with E-state index in [9.17, 15) is 27.6 Å². The Balaban J connectivity index is 1.28. The van der Waals surface area contributed by atoms with Crippen LogP contribution in [-0.4, -0.2) is 51.7 Å². The van der Waals surface area contributed by atoms with Gasteiger partial charge in [0.1, 0.15) is 17.5 Å². The summed E-state index contributed by atoms with van der Waals surface area (Å²) in [7, 11) is 0. The van der Waals surface area contributed by atoms with E-state index in [0.717, 1.165) is 25.3 Å². The maximum Gasteiger partial charge on any atom is 0.419 e. The van der Waals surface area contributed by atoms with Crippen molar-refractivity contribution < 1.29 is 27.1 Å². The van der Waals surface area contributed by atoms with Crippen molar-refractivity contribution in [2.24, 2.45) is 28.0 Å². The number of ether oxygens (including phenoxy) is 1. The molecule has 5 rings (SSSR count). The van der Waals surface area contributed by atoms with Gasteiger partial charge in [0.2, 0.25) is 0 Å². The normalized spacial score (nSPS) is 24.7. The van der Waals surface area contributed by atoms with Gasteiger partial charge in [-0.15, -0.1) is 0 Å². The Labute approximate surface area is 241 Å². The van der Waals surface area contributed by atoms with Crippen LogP contribution in [0.3, 0.4) is 0 Å². The lowest BCUT2D eigenvalue weighted by molar-refractivity contribution is -0.140. The quantitative estimate of drug-likeness (QED) is 0.464. The molecule has 1 amide bonds. The number of nitrogens with zero attached hydrogens (tertiary/aromatic N) is 5. The van der Waals surface area contributed by atoms with Crippen molar-refractivity contribution in [3.63, 3.8) is 0 Å². The van der Waals surface area contributed by atoms with E-state index >= 15 is 0 Å². The fourth-order valence-corrected chi connectivity index (χ4v) is 6.47. The molecule has 0 bridgehead atoms. The molecule has 2 fully saturated rings. The molecule has 1 saturated heterocycles. The molecule has 8 nitrogen and oxygen atoms in total. The lowest BCUT2D eigenvalue weighted by Gasteiger charge is -2.48. The lowest BCUT2D eigenvalue weighted by Crippen LogP contribution is -2.45. The van der Waals surface area contributed by atoms with E-state index in [1.54, 1.807) is 4.90 Å². The van der Waals surface area contributed by atoms with Crippen LogP contribution < -0.4 is 5.73 Å². The number of benzene rings is 1. The second kappa shape index (κ2) is 10.7. The number of allylic oxidation sites excluding steroid dienone is 2. The molecule has 2 N–H and O–H groups in total. The van der Waals surface area contributed by atoms with Crippen LogP contribution in [0, 0.1) is 34.4 Å². The number of likely N-dealkylation sites (tertiary alicyclic amines) is 1. The number of aromatic nitrogens is 2. The summed E-state index contributed by atoms with van der Waals surface area (Å²) in [4.78, 5) is 19.0. The molecule has 1 aromatic carbocycles. The number of carbonyl (C=O) groups excluding carboxylic acids is 1. The second-order valence-electron chi connectivity index (χ2n) is 12.6. The van der Waals surface area contributed by atoms with Crippen LogP contribution in [0.1, 0.15) is 63.1 Å². The number of alkyl halides is 3. The highest BCUT2D eigenvalue weighted by Crippen LogP contribution is 2.56. The zero-order chi connectivity index (χ0) is 30.4. The summed E-state index contributed by atoms with van der Waals surface area (Å²) in [6, 6.07) is 5.34. The van der Waals surface area contributed by atoms with Gasteiger partial charge >= 0.3 is 12.3 Å². The molecule has 12 heteroatoms.